The normalized spacial score (nSPS) is 13.9. The van der Waals surface area contributed by atoms with E-state index in [1.54, 1.807) is 6.92 Å². The lowest BCUT2D eigenvalue weighted by molar-refractivity contribution is -0.136. The molecule has 0 aliphatic heterocycles. The van der Waals surface area contributed by atoms with Crippen molar-refractivity contribution in [2.24, 2.45) is 0 Å². The van der Waals surface area contributed by atoms with E-state index in [9.17, 15) is 14.7 Å². The maximum Gasteiger partial charge on any atom is 0.314 e. The molecule has 16 heavy (non-hydrogen) atoms. The Balaban J connectivity index is 3.68. The van der Waals surface area contributed by atoms with Gasteiger partial charge in [-0.15, -0.1) is 0 Å². The fraction of sp³-hybridized carbons (Fsp3) is 0.800. The molecule has 0 aliphatic carbocycles. The van der Waals surface area contributed by atoms with Crippen molar-refractivity contribution in [3.8, 4) is 0 Å². The van der Waals surface area contributed by atoms with E-state index in [4.69, 9.17) is 5.11 Å². The zero-order valence-corrected chi connectivity index (χ0v) is 9.75. The van der Waals surface area contributed by atoms with E-state index in [-0.39, 0.29) is 19.5 Å². The van der Waals surface area contributed by atoms with Crippen LogP contribution in [0.1, 0.15) is 33.1 Å². The number of nitrogens with one attached hydrogen (secondary N) is 2. The molecule has 0 aromatic carbocycles. The van der Waals surface area contributed by atoms with Crippen LogP contribution in [0.15, 0.2) is 0 Å². The van der Waals surface area contributed by atoms with E-state index in [2.05, 4.69) is 10.6 Å². The molecule has 0 saturated heterocycles. The molecular weight excluding hydrogens is 212 g/mol. The van der Waals surface area contributed by atoms with Gasteiger partial charge in [0.15, 0.2) is 0 Å². The van der Waals surface area contributed by atoms with Crippen LogP contribution in [0.4, 0.5) is 4.79 Å². The van der Waals surface area contributed by atoms with Crippen LogP contribution in [-0.2, 0) is 4.79 Å². The van der Waals surface area contributed by atoms with Crippen molar-refractivity contribution in [2.45, 2.75) is 38.7 Å². The molecule has 6 nitrogen and oxygen atoms in total. The van der Waals surface area contributed by atoms with Crippen molar-refractivity contribution < 1.29 is 19.8 Å². The number of aliphatic carboxylic acids is 1. The summed E-state index contributed by atoms with van der Waals surface area (Å²) >= 11 is 0. The number of carboxylic acid groups (broad SMARTS) is 1. The van der Waals surface area contributed by atoms with Crippen LogP contribution in [0, 0.1) is 0 Å². The second-order valence-corrected chi connectivity index (χ2v) is 4.00. The highest BCUT2D eigenvalue weighted by Crippen LogP contribution is 2.09. The largest absolute Gasteiger partial charge is 0.481 e. The fourth-order valence-electron chi connectivity index (χ4n) is 1.24. The summed E-state index contributed by atoms with van der Waals surface area (Å²) < 4.78 is 0. The van der Waals surface area contributed by atoms with E-state index in [0.717, 1.165) is 6.42 Å². The molecule has 1 unspecified atom stereocenters. The molecule has 0 radical (unpaired) electrons. The van der Waals surface area contributed by atoms with Crippen molar-refractivity contribution in [2.75, 3.05) is 13.1 Å². The molecule has 0 aromatic rings. The Bertz CT molecular complexity index is 241. The zero-order valence-electron chi connectivity index (χ0n) is 9.75. The van der Waals surface area contributed by atoms with Crippen LogP contribution in [0.5, 0.6) is 0 Å². The quantitative estimate of drug-likeness (QED) is 0.507. The minimum Gasteiger partial charge on any atom is -0.481 e. The van der Waals surface area contributed by atoms with Crippen LogP contribution >= 0.6 is 0 Å². The van der Waals surface area contributed by atoms with Crippen LogP contribution in [0.25, 0.3) is 0 Å². The SMILES string of the molecule is CCCC(C)(O)CNC(=O)NCCC(=O)O. The Morgan fingerprint density at radius 3 is 2.44 bits per heavy atom. The molecule has 1 atom stereocenters. The summed E-state index contributed by atoms with van der Waals surface area (Å²) in [5.74, 6) is -0.960. The molecule has 0 spiro atoms. The summed E-state index contributed by atoms with van der Waals surface area (Å²) in [4.78, 5) is 21.3. The predicted molar refractivity (Wildman–Crippen MR) is 59.2 cm³/mol. The lowest BCUT2D eigenvalue weighted by Gasteiger charge is -2.22. The first-order valence-electron chi connectivity index (χ1n) is 5.33. The highest BCUT2D eigenvalue weighted by molar-refractivity contribution is 5.75. The fourth-order valence-corrected chi connectivity index (χ4v) is 1.24. The molecule has 2 amide bonds. The van der Waals surface area contributed by atoms with Gasteiger partial charge in [-0.2, -0.15) is 0 Å². The van der Waals surface area contributed by atoms with Gasteiger partial charge in [0.2, 0.25) is 0 Å². The van der Waals surface area contributed by atoms with Crippen molar-refractivity contribution in [1.29, 1.82) is 0 Å². The first-order valence-corrected chi connectivity index (χ1v) is 5.33. The lowest BCUT2D eigenvalue weighted by Crippen LogP contribution is -2.45. The molecule has 94 valence electrons. The van der Waals surface area contributed by atoms with Crippen LogP contribution < -0.4 is 10.6 Å². The monoisotopic (exact) mass is 232 g/mol. The Kier molecular flexibility index (Phi) is 6.48. The number of carboxylic acids is 1. The van der Waals surface area contributed by atoms with E-state index in [0.29, 0.717) is 6.42 Å². The molecule has 0 fully saturated rings. The minimum atomic E-state index is -0.960. The van der Waals surface area contributed by atoms with Gasteiger partial charge in [-0.1, -0.05) is 13.3 Å². The van der Waals surface area contributed by atoms with Crippen molar-refractivity contribution >= 4 is 12.0 Å². The van der Waals surface area contributed by atoms with Gasteiger partial charge in [-0.25, -0.2) is 4.79 Å². The third kappa shape index (κ3) is 8.05. The standard InChI is InChI=1S/C10H20N2O4/c1-3-5-10(2,16)7-12-9(15)11-6-4-8(13)14/h16H,3-7H2,1-2H3,(H,13,14)(H2,11,12,15). The molecular formula is C10H20N2O4. The molecule has 0 rings (SSSR count). The molecule has 4 N–H and O–H groups in total. The molecule has 0 heterocycles. The van der Waals surface area contributed by atoms with Crippen LogP contribution in [0.2, 0.25) is 0 Å². The maximum atomic E-state index is 11.1. The summed E-state index contributed by atoms with van der Waals surface area (Å²) in [6.45, 7) is 3.83. The molecule has 0 aliphatic rings. The molecule has 0 saturated carbocycles. The first-order chi connectivity index (χ1) is 7.37. The molecule has 6 heteroatoms. The summed E-state index contributed by atoms with van der Waals surface area (Å²) in [5.41, 5.74) is -0.918. The predicted octanol–water partition coefficient (Wildman–Crippen LogP) is 0.311. The first kappa shape index (κ1) is 14.7. The number of hydrogen-bond acceptors (Lipinski definition) is 3. The van der Waals surface area contributed by atoms with E-state index >= 15 is 0 Å². The summed E-state index contributed by atoms with van der Waals surface area (Å²) in [6, 6.07) is -0.461. The average molecular weight is 232 g/mol. The highest BCUT2D eigenvalue weighted by atomic mass is 16.4. The maximum absolute atomic E-state index is 11.1. The second kappa shape index (κ2) is 7.05. The van der Waals surface area contributed by atoms with Crippen LogP contribution in [0.3, 0.4) is 0 Å². The Hall–Kier alpha value is -1.30. The van der Waals surface area contributed by atoms with Gasteiger partial charge in [0.1, 0.15) is 0 Å². The number of urea groups is 1. The smallest absolute Gasteiger partial charge is 0.314 e. The van der Waals surface area contributed by atoms with Gasteiger partial charge >= 0.3 is 12.0 Å². The van der Waals surface area contributed by atoms with E-state index in [1.165, 1.54) is 0 Å². The second-order valence-electron chi connectivity index (χ2n) is 4.00. The van der Waals surface area contributed by atoms with Crippen LogP contribution in [-0.4, -0.2) is 40.9 Å². The van der Waals surface area contributed by atoms with Gasteiger partial charge in [-0.3, -0.25) is 4.79 Å². The Labute approximate surface area is 95.0 Å². The topological polar surface area (TPSA) is 98.7 Å². The van der Waals surface area contributed by atoms with Gasteiger partial charge in [0.25, 0.3) is 0 Å². The number of aliphatic hydroxyl groups is 1. The Morgan fingerprint density at radius 1 is 1.31 bits per heavy atom. The highest BCUT2D eigenvalue weighted by Gasteiger charge is 2.19. The van der Waals surface area contributed by atoms with Crippen molar-refractivity contribution in [3.63, 3.8) is 0 Å². The van der Waals surface area contributed by atoms with Crippen molar-refractivity contribution in [3.05, 3.63) is 0 Å². The number of carbonyl (C=O) groups is 2. The third-order valence-electron chi connectivity index (χ3n) is 2.04. The molecule has 0 aromatic heterocycles. The van der Waals surface area contributed by atoms with Gasteiger partial charge < -0.3 is 20.8 Å². The van der Waals surface area contributed by atoms with Gasteiger partial charge in [0.05, 0.1) is 12.0 Å². The van der Waals surface area contributed by atoms with Gasteiger partial charge in [-0.05, 0) is 13.3 Å². The number of rotatable bonds is 7. The molecule has 0 bridgehead atoms. The van der Waals surface area contributed by atoms with Gasteiger partial charge in [0, 0.05) is 13.1 Å². The van der Waals surface area contributed by atoms with E-state index in [1.807, 2.05) is 6.92 Å². The number of amides is 2. The Morgan fingerprint density at radius 2 is 1.94 bits per heavy atom. The summed E-state index contributed by atoms with van der Waals surface area (Å²) in [5, 5.41) is 23.0. The minimum absolute atomic E-state index is 0.0804. The number of carbonyl (C=O) groups excluding carboxylic acids is 1. The average Bonchev–Trinajstić information content (AvgIpc) is 2.14. The summed E-state index contributed by atoms with van der Waals surface area (Å²) in [7, 11) is 0. The van der Waals surface area contributed by atoms with E-state index < -0.39 is 17.6 Å². The number of hydrogen-bond donors (Lipinski definition) is 4. The lowest BCUT2D eigenvalue weighted by atomic mass is 10.0. The van der Waals surface area contributed by atoms with Crippen molar-refractivity contribution in [1.82, 2.24) is 10.6 Å². The third-order valence-corrected chi connectivity index (χ3v) is 2.04. The zero-order chi connectivity index (χ0) is 12.6. The summed E-state index contributed by atoms with van der Waals surface area (Å²) in [6.07, 6.45) is 1.32.